The summed E-state index contributed by atoms with van der Waals surface area (Å²) in [5.74, 6) is 0.722. The molecule has 1 N–H and O–H groups in total. The lowest BCUT2D eigenvalue weighted by molar-refractivity contribution is 0.175. The standard InChI is InChI=1S/C12H13NO2S/c1-15-12-5-3-2-4-10(12)11(14)6-9-7-13-8-16-9/h2-5,7-8,11,14H,6H2,1H3. The van der Waals surface area contributed by atoms with Gasteiger partial charge >= 0.3 is 0 Å². The minimum atomic E-state index is -0.545. The fraction of sp³-hybridized carbons (Fsp3) is 0.250. The van der Waals surface area contributed by atoms with E-state index >= 15 is 0 Å². The summed E-state index contributed by atoms with van der Waals surface area (Å²) in [6, 6.07) is 7.52. The first-order valence-electron chi connectivity index (χ1n) is 4.99. The number of aliphatic hydroxyl groups is 1. The Hall–Kier alpha value is -1.39. The predicted octanol–water partition coefficient (Wildman–Crippen LogP) is 2.43. The second-order valence-electron chi connectivity index (χ2n) is 3.43. The SMILES string of the molecule is COc1ccccc1C(O)Cc1cncs1. The number of benzene rings is 1. The van der Waals surface area contributed by atoms with Gasteiger partial charge in [-0.2, -0.15) is 0 Å². The maximum absolute atomic E-state index is 10.1. The monoisotopic (exact) mass is 235 g/mol. The average molecular weight is 235 g/mol. The Bertz CT molecular complexity index is 442. The van der Waals surface area contributed by atoms with Crippen molar-refractivity contribution in [2.75, 3.05) is 7.11 Å². The van der Waals surface area contributed by atoms with Crippen molar-refractivity contribution in [2.45, 2.75) is 12.5 Å². The fourth-order valence-corrected chi connectivity index (χ4v) is 2.22. The van der Waals surface area contributed by atoms with Crippen molar-refractivity contribution in [3.05, 3.63) is 46.4 Å². The topological polar surface area (TPSA) is 42.4 Å². The molecule has 0 amide bonds. The first-order chi connectivity index (χ1) is 7.81. The van der Waals surface area contributed by atoms with Crippen LogP contribution < -0.4 is 4.74 Å². The summed E-state index contributed by atoms with van der Waals surface area (Å²) in [4.78, 5) is 5.06. The molecule has 2 rings (SSSR count). The van der Waals surface area contributed by atoms with E-state index in [9.17, 15) is 5.11 Å². The highest BCUT2D eigenvalue weighted by Crippen LogP contribution is 2.27. The zero-order valence-electron chi connectivity index (χ0n) is 8.96. The maximum Gasteiger partial charge on any atom is 0.124 e. The van der Waals surface area contributed by atoms with E-state index in [2.05, 4.69) is 4.98 Å². The molecular formula is C12H13NO2S. The van der Waals surface area contributed by atoms with E-state index in [1.54, 1.807) is 30.2 Å². The van der Waals surface area contributed by atoms with Gasteiger partial charge in [0.25, 0.3) is 0 Å². The Morgan fingerprint density at radius 3 is 2.94 bits per heavy atom. The molecular weight excluding hydrogens is 222 g/mol. The zero-order valence-corrected chi connectivity index (χ0v) is 9.78. The number of hydrogen-bond acceptors (Lipinski definition) is 4. The molecule has 16 heavy (non-hydrogen) atoms. The highest BCUT2D eigenvalue weighted by molar-refractivity contribution is 7.09. The van der Waals surface area contributed by atoms with Gasteiger partial charge in [0.2, 0.25) is 0 Å². The molecule has 2 aromatic rings. The van der Waals surface area contributed by atoms with Gasteiger partial charge in [0.05, 0.1) is 18.7 Å². The van der Waals surface area contributed by atoms with Crippen molar-refractivity contribution in [1.29, 1.82) is 0 Å². The molecule has 0 bridgehead atoms. The van der Waals surface area contributed by atoms with Crippen LogP contribution in [0.25, 0.3) is 0 Å². The summed E-state index contributed by atoms with van der Waals surface area (Å²) in [7, 11) is 1.61. The van der Waals surface area contributed by atoms with Crippen molar-refractivity contribution in [1.82, 2.24) is 4.98 Å². The molecule has 0 aliphatic carbocycles. The van der Waals surface area contributed by atoms with Gasteiger partial charge in [0, 0.05) is 23.1 Å². The van der Waals surface area contributed by atoms with Crippen LogP contribution in [0.15, 0.2) is 36.0 Å². The second-order valence-corrected chi connectivity index (χ2v) is 4.40. The molecule has 0 saturated heterocycles. The minimum Gasteiger partial charge on any atom is -0.496 e. The van der Waals surface area contributed by atoms with Crippen LogP contribution in [0.1, 0.15) is 16.5 Å². The number of para-hydroxylation sites is 1. The quantitative estimate of drug-likeness (QED) is 0.885. The molecule has 0 aliphatic heterocycles. The first-order valence-corrected chi connectivity index (χ1v) is 5.87. The van der Waals surface area contributed by atoms with Crippen LogP contribution in [-0.4, -0.2) is 17.2 Å². The van der Waals surface area contributed by atoms with Gasteiger partial charge < -0.3 is 9.84 Å². The van der Waals surface area contributed by atoms with Crippen LogP contribution in [0.5, 0.6) is 5.75 Å². The third-order valence-electron chi connectivity index (χ3n) is 2.38. The normalized spacial score (nSPS) is 12.4. The molecule has 1 aromatic heterocycles. The molecule has 1 unspecified atom stereocenters. The Morgan fingerprint density at radius 2 is 2.25 bits per heavy atom. The minimum absolute atomic E-state index is 0.545. The van der Waals surface area contributed by atoms with E-state index < -0.39 is 6.10 Å². The molecule has 0 spiro atoms. The zero-order chi connectivity index (χ0) is 11.4. The number of nitrogens with zero attached hydrogens (tertiary/aromatic N) is 1. The van der Waals surface area contributed by atoms with Crippen LogP contribution in [0, 0.1) is 0 Å². The van der Waals surface area contributed by atoms with Crippen LogP contribution in [-0.2, 0) is 6.42 Å². The number of methoxy groups -OCH3 is 1. The lowest BCUT2D eigenvalue weighted by Gasteiger charge is -2.13. The molecule has 84 valence electrons. The Balaban J connectivity index is 2.17. The van der Waals surface area contributed by atoms with E-state index in [1.165, 1.54) is 0 Å². The third kappa shape index (κ3) is 2.40. The Morgan fingerprint density at radius 1 is 1.44 bits per heavy atom. The molecule has 1 aromatic carbocycles. The number of hydrogen-bond donors (Lipinski definition) is 1. The molecule has 0 fully saturated rings. The predicted molar refractivity (Wildman–Crippen MR) is 63.8 cm³/mol. The Labute approximate surface area is 98.4 Å². The van der Waals surface area contributed by atoms with Gasteiger partial charge in [-0.3, -0.25) is 4.98 Å². The average Bonchev–Trinajstić information content (AvgIpc) is 2.81. The summed E-state index contributed by atoms with van der Waals surface area (Å²) in [5, 5.41) is 10.1. The van der Waals surface area contributed by atoms with E-state index in [4.69, 9.17) is 4.74 Å². The van der Waals surface area contributed by atoms with Crippen molar-refractivity contribution in [3.8, 4) is 5.75 Å². The van der Waals surface area contributed by atoms with Crippen LogP contribution in [0.2, 0.25) is 0 Å². The van der Waals surface area contributed by atoms with Crippen molar-refractivity contribution in [3.63, 3.8) is 0 Å². The number of ether oxygens (including phenoxy) is 1. The number of aliphatic hydroxyl groups excluding tert-OH is 1. The van der Waals surface area contributed by atoms with Gasteiger partial charge in [-0.05, 0) is 6.07 Å². The summed E-state index contributed by atoms with van der Waals surface area (Å²) in [5.41, 5.74) is 2.59. The molecule has 0 saturated carbocycles. The number of thiazole rings is 1. The van der Waals surface area contributed by atoms with Crippen LogP contribution >= 0.6 is 11.3 Å². The fourth-order valence-electron chi connectivity index (χ4n) is 1.59. The smallest absolute Gasteiger partial charge is 0.124 e. The van der Waals surface area contributed by atoms with Gasteiger partial charge in [-0.25, -0.2) is 0 Å². The van der Waals surface area contributed by atoms with Crippen LogP contribution in [0.3, 0.4) is 0 Å². The molecule has 0 radical (unpaired) electrons. The molecule has 1 atom stereocenters. The molecule has 3 nitrogen and oxygen atoms in total. The van der Waals surface area contributed by atoms with E-state index in [0.717, 1.165) is 16.2 Å². The van der Waals surface area contributed by atoms with Gasteiger partial charge in [0.15, 0.2) is 0 Å². The third-order valence-corrected chi connectivity index (χ3v) is 3.18. The van der Waals surface area contributed by atoms with Gasteiger partial charge in [-0.15, -0.1) is 11.3 Å². The Kier molecular flexibility index (Phi) is 3.54. The molecule has 0 aliphatic rings. The highest BCUT2D eigenvalue weighted by atomic mass is 32.1. The summed E-state index contributed by atoms with van der Waals surface area (Å²) >= 11 is 1.55. The second kappa shape index (κ2) is 5.09. The van der Waals surface area contributed by atoms with Crippen LogP contribution in [0.4, 0.5) is 0 Å². The number of rotatable bonds is 4. The van der Waals surface area contributed by atoms with Gasteiger partial charge in [-0.1, -0.05) is 18.2 Å². The largest absolute Gasteiger partial charge is 0.496 e. The lowest BCUT2D eigenvalue weighted by Crippen LogP contribution is -2.02. The molecule has 4 heteroatoms. The summed E-state index contributed by atoms with van der Waals surface area (Å²) < 4.78 is 5.21. The van der Waals surface area contributed by atoms with Crippen molar-refractivity contribution in [2.24, 2.45) is 0 Å². The lowest BCUT2D eigenvalue weighted by atomic mass is 10.1. The van der Waals surface area contributed by atoms with E-state index in [1.807, 2.05) is 24.3 Å². The van der Waals surface area contributed by atoms with Gasteiger partial charge in [0.1, 0.15) is 5.75 Å². The van der Waals surface area contributed by atoms with Crippen molar-refractivity contribution < 1.29 is 9.84 Å². The maximum atomic E-state index is 10.1. The van der Waals surface area contributed by atoms with Crippen molar-refractivity contribution >= 4 is 11.3 Å². The highest BCUT2D eigenvalue weighted by Gasteiger charge is 2.13. The first kappa shape index (κ1) is 11.1. The number of aromatic nitrogens is 1. The molecule has 1 heterocycles. The van der Waals surface area contributed by atoms with E-state index in [-0.39, 0.29) is 0 Å². The summed E-state index contributed by atoms with van der Waals surface area (Å²) in [6.07, 6.45) is 1.81. The summed E-state index contributed by atoms with van der Waals surface area (Å²) in [6.45, 7) is 0. The van der Waals surface area contributed by atoms with E-state index in [0.29, 0.717) is 6.42 Å².